The fraction of sp³-hybridized carbons (Fsp3) is 0.190. The second-order valence-electron chi connectivity index (χ2n) is 7.13. The van der Waals surface area contributed by atoms with Gasteiger partial charge in [0.2, 0.25) is 0 Å². The normalized spacial score (nSPS) is 16.5. The van der Waals surface area contributed by atoms with Crippen molar-refractivity contribution in [3.05, 3.63) is 19.6 Å². The molecule has 182 valence electrons. The molecule has 1 saturated heterocycles. The first-order chi connectivity index (χ1) is 17.0. The van der Waals surface area contributed by atoms with Crippen LogP contribution in [0.25, 0.3) is 0 Å². The van der Waals surface area contributed by atoms with Gasteiger partial charge in [-0.15, -0.1) is 0 Å². The minimum Gasteiger partial charge on any atom is -0.424 e. The summed E-state index contributed by atoms with van der Waals surface area (Å²) in [5.41, 5.74) is -0.424. The Bertz CT molecular complexity index is 1370. The second kappa shape index (κ2) is 9.59. The van der Waals surface area contributed by atoms with Crippen LogP contribution in [0.5, 0.6) is 11.5 Å². The number of barbiturate groups is 1. The summed E-state index contributed by atoms with van der Waals surface area (Å²) in [7, 11) is 2.50. The quantitative estimate of drug-likeness (QED) is 0.170. The summed E-state index contributed by atoms with van der Waals surface area (Å²) < 4.78 is 11.5. The van der Waals surface area contributed by atoms with E-state index in [9.17, 15) is 34.5 Å². The van der Waals surface area contributed by atoms with Crippen LogP contribution in [-0.4, -0.2) is 53.7 Å². The molecule has 0 N–H and O–H groups in total. The fourth-order valence-electron chi connectivity index (χ4n) is 3.20. The average Bonchev–Trinajstić information content (AvgIpc) is 3.45. The van der Waals surface area contributed by atoms with E-state index in [2.05, 4.69) is 0 Å². The predicted octanol–water partition coefficient (Wildman–Crippen LogP) is 3.45. The molecule has 0 aromatic heterocycles. The molecule has 11 nitrogen and oxygen atoms in total. The van der Waals surface area contributed by atoms with Gasteiger partial charge in [0.05, 0.1) is 28.1 Å². The van der Waals surface area contributed by atoms with Gasteiger partial charge < -0.3 is 9.47 Å². The van der Waals surface area contributed by atoms with Crippen LogP contribution in [0.15, 0.2) is 39.2 Å². The number of rotatable bonds is 2. The molecule has 3 aliphatic rings. The smallest absolute Gasteiger partial charge is 0.333 e. The zero-order valence-electron chi connectivity index (χ0n) is 18.8. The van der Waals surface area contributed by atoms with E-state index < -0.39 is 29.8 Å². The summed E-state index contributed by atoms with van der Waals surface area (Å²) in [6, 6.07) is 2.84. The van der Waals surface area contributed by atoms with E-state index in [4.69, 9.17) is 9.47 Å². The van der Waals surface area contributed by atoms with Gasteiger partial charge in [0.25, 0.3) is 11.8 Å². The van der Waals surface area contributed by atoms with Gasteiger partial charge >= 0.3 is 18.0 Å². The van der Waals surface area contributed by atoms with Crippen molar-refractivity contribution in [2.45, 2.75) is 33.4 Å². The van der Waals surface area contributed by atoms with Gasteiger partial charge in [-0.2, -0.15) is 10.5 Å². The van der Waals surface area contributed by atoms with E-state index in [1.54, 1.807) is 0 Å². The highest BCUT2D eigenvalue weighted by molar-refractivity contribution is 8.26. The second-order valence-corrected chi connectivity index (χ2v) is 11.7. The number of benzene rings is 1. The van der Waals surface area contributed by atoms with E-state index >= 15 is 0 Å². The molecule has 0 saturated carbocycles. The van der Waals surface area contributed by atoms with Crippen molar-refractivity contribution in [2.24, 2.45) is 0 Å². The maximum Gasteiger partial charge on any atom is 0.333 e. The molecular formula is C21H12N4O7S4. The lowest BCUT2D eigenvalue weighted by Crippen LogP contribution is -2.53. The highest BCUT2D eigenvalue weighted by atomic mass is 32.2. The van der Waals surface area contributed by atoms with E-state index in [0.717, 1.165) is 56.8 Å². The van der Waals surface area contributed by atoms with Crippen molar-refractivity contribution in [1.82, 2.24) is 9.80 Å². The van der Waals surface area contributed by atoms with Crippen molar-refractivity contribution in [3.8, 4) is 23.6 Å². The highest BCUT2D eigenvalue weighted by Gasteiger charge is 2.44. The first-order valence-corrected chi connectivity index (χ1v) is 13.0. The van der Waals surface area contributed by atoms with Crippen LogP contribution < -0.4 is 9.47 Å². The third-order valence-electron chi connectivity index (χ3n) is 4.75. The lowest BCUT2D eigenvalue weighted by atomic mass is 10.2. The topological polar surface area (TPSA) is 158 Å². The van der Waals surface area contributed by atoms with Gasteiger partial charge in [-0.3, -0.25) is 29.0 Å². The molecule has 1 aromatic carbocycles. The number of esters is 2. The molecule has 3 heterocycles. The molecule has 0 radical (unpaired) electrons. The van der Waals surface area contributed by atoms with Crippen LogP contribution in [0, 0.1) is 22.7 Å². The first-order valence-electron chi connectivity index (χ1n) is 9.71. The first kappa shape index (κ1) is 25.7. The number of carbonyl (C=O) groups is 5. The molecule has 4 rings (SSSR count). The Labute approximate surface area is 220 Å². The number of imide groups is 2. The maximum absolute atomic E-state index is 12.9. The molecule has 0 spiro atoms. The predicted molar refractivity (Wildman–Crippen MR) is 129 cm³/mol. The summed E-state index contributed by atoms with van der Waals surface area (Å²) in [4.78, 5) is 64.8. The number of allylic oxidation sites excluding steroid dienone is 1. The van der Waals surface area contributed by atoms with Gasteiger partial charge in [-0.25, -0.2) is 4.79 Å². The number of nitrogens with zero attached hydrogens (tertiary/aromatic N) is 4. The van der Waals surface area contributed by atoms with Gasteiger partial charge in [-0.05, 0) is 0 Å². The summed E-state index contributed by atoms with van der Waals surface area (Å²) in [5, 5.41) is 18.6. The number of nitriles is 2. The minimum atomic E-state index is -0.803. The van der Waals surface area contributed by atoms with Crippen LogP contribution in [0.1, 0.15) is 13.8 Å². The lowest BCUT2D eigenvalue weighted by molar-refractivity contribution is -0.135. The average molecular weight is 561 g/mol. The monoisotopic (exact) mass is 560 g/mol. The summed E-state index contributed by atoms with van der Waals surface area (Å²) in [6.07, 6.45) is 0. The van der Waals surface area contributed by atoms with Gasteiger partial charge in [0.1, 0.15) is 23.3 Å². The zero-order valence-corrected chi connectivity index (χ0v) is 22.0. The number of hydrogen-bond donors (Lipinski definition) is 0. The van der Waals surface area contributed by atoms with Crippen molar-refractivity contribution < 1.29 is 33.4 Å². The molecule has 0 unspecified atom stereocenters. The number of urea groups is 1. The number of thioether (sulfide) groups is 4. The number of fused-ring (bicyclic) bond motifs is 2. The molecule has 15 heteroatoms. The Morgan fingerprint density at radius 1 is 0.750 bits per heavy atom. The van der Waals surface area contributed by atoms with Crippen molar-refractivity contribution in [2.75, 3.05) is 14.1 Å². The Kier molecular flexibility index (Phi) is 6.85. The van der Waals surface area contributed by atoms with Crippen molar-refractivity contribution in [3.63, 3.8) is 0 Å². The zero-order chi connectivity index (χ0) is 26.5. The minimum absolute atomic E-state index is 0.0766. The van der Waals surface area contributed by atoms with Crippen LogP contribution in [-0.2, 0) is 19.2 Å². The Hall–Kier alpha value is -3.37. The Morgan fingerprint density at radius 2 is 1.14 bits per heavy atom. The number of hydrogen-bond acceptors (Lipinski definition) is 13. The van der Waals surface area contributed by atoms with Gasteiger partial charge in [-0.1, -0.05) is 47.0 Å². The van der Waals surface area contributed by atoms with Gasteiger partial charge in [0, 0.05) is 27.9 Å². The third kappa shape index (κ3) is 4.14. The lowest BCUT2D eigenvalue weighted by Gasteiger charge is -2.29. The summed E-state index contributed by atoms with van der Waals surface area (Å²) in [5.74, 6) is -2.78. The van der Waals surface area contributed by atoms with Gasteiger partial charge in [0.15, 0.2) is 11.5 Å². The number of carbonyl (C=O) groups excluding carboxylic acids is 5. The molecule has 3 aliphatic heterocycles. The number of ether oxygens (including phenoxy) is 2. The Balaban J connectivity index is 1.96. The van der Waals surface area contributed by atoms with Crippen LogP contribution in [0.4, 0.5) is 4.79 Å². The highest BCUT2D eigenvalue weighted by Crippen LogP contribution is 2.68. The standard InChI is InChI=1S/C21H12N4O7S4/c1-7(26)31-11-13-14(34-19(33-13)9(5-22)6-23)12(32-8(2)27)16-15(11)35-20(36-16)10-17(28)24(3)21(30)25(4)18(10)29/h1-4H3. The van der Waals surface area contributed by atoms with Crippen LogP contribution in [0.3, 0.4) is 0 Å². The van der Waals surface area contributed by atoms with E-state index in [-0.39, 0.29) is 26.9 Å². The van der Waals surface area contributed by atoms with Crippen LogP contribution >= 0.6 is 47.0 Å². The molecule has 0 aliphatic carbocycles. The van der Waals surface area contributed by atoms with E-state index in [0.29, 0.717) is 23.8 Å². The number of amides is 4. The summed E-state index contributed by atoms with van der Waals surface area (Å²) in [6.45, 7) is 2.38. The maximum atomic E-state index is 12.9. The SMILES string of the molecule is CC(=O)Oc1c2c(c(OC(C)=O)c3c1SC(=C1C(=O)N(C)C(=O)N(C)C1=O)S3)SC(=C(C#N)C#N)S2. The molecule has 1 fully saturated rings. The Morgan fingerprint density at radius 3 is 1.50 bits per heavy atom. The number of likely N-dealkylation sites (N-methyl/N-ethyl adjacent to an activating group) is 2. The molecular weight excluding hydrogens is 549 g/mol. The fourth-order valence-corrected chi connectivity index (χ4v) is 8.53. The van der Waals surface area contributed by atoms with Crippen molar-refractivity contribution >= 4 is 76.8 Å². The van der Waals surface area contributed by atoms with E-state index in [1.165, 1.54) is 27.9 Å². The molecule has 0 atom stereocenters. The molecule has 0 bridgehead atoms. The van der Waals surface area contributed by atoms with Crippen molar-refractivity contribution in [1.29, 1.82) is 10.5 Å². The van der Waals surface area contributed by atoms with Crippen LogP contribution in [0.2, 0.25) is 0 Å². The third-order valence-corrected chi connectivity index (χ3v) is 9.94. The largest absolute Gasteiger partial charge is 0.424 e. The molecule has 4 amide bonds. The van der Waals surface area contributed by atoms with E-state index in [1.807, 2.05) is 12.1 Å². The molecule has 36 heavy (non-hydrogen) atoms. The molecule has 1 aromatic rings. The summed E-state index contributed by atoms with van der Waals surface area (Å²) >= 11 is 3.91.